The number of hydrogen-bond acceptors (Lipinski definition) is 5. The molecule has 198 valence electrons. The molecule has 38 heavy (non-hydrogen) atoms. The lowest BCUT2D eigenvalue weighted by atomic mass is 9.84. The van der Waals surface area contributed by atoms with Gasteiger partial charge in [0.1, 0.15) is 17.3 Å². The number of carbonyl (C=O) groups is 2. The molecule has 1 heterocycles. The number of ether oxygens (including phenoxy) is 2. The summed E-state index contributed by atoms with van der Waals surface area (Å²) in [5.41, 5.74) is 2.80. The number of rotatable bonds is 8. The predicted octanol–water partition coefficient (Wildman–Crippen LogP) is 6.40. The van der Waals surface area contributed by atoms with Gasteiger partial charge in [0.05, 0.1) is 24.8 Å². The highest BCUT2D eigenvalue weighted by atomic mass is 16.5. The summed E-state index contributed by atoms with van der Waals surface area (Å²) in [4.78, 5) is 28.3. The van der Waals surface area contributed by atoms with Gasteiger partial charge in [-0.2, -0.15) is 0 Å². The van der Waals surface area contributed by atoms with Gasteiger partial charge in [0, 0.05) is 17.7 Å². The molecule has 0 bridgehead atoms. The van der Waals surface area contributed by atoms with E-state index in [-0.39, 0.29) is 23.3 Å². The maximum atomic E-state index is 13.4. The second-order valence-electron chi connectivity index (χ2n) is 10.3. The van der Waals surface area contributed by atoms with E-state index in [9.17, 15) is 14.7 Å². The number of likely N-dealkylation sites (tertiary alicyclic amines) is 1. The van der Waals surface area contributed by atoms with Crippen molar-refractivity contribution >= 4 is 17.4 Å². The fourth-order valence-corrected chi connectivity index (χ4v) is 4.78. The van der Waals surface area contributed by atoms with Crippen molar-refractivity contribution < 1.29 is 24.2 Å². The molecule has 1 unspecified atom stereocenters. The summed E-state index contributed by atoms with van der Waals surface area (Å²) in [6, 6.07) is 21.5. The Balaban J connectivity index is 1.82. The molecule has 3 aromatic carbocycles. The maximum Gasteiger partial charge on any atom is 0.295 e. The Morgan fingerprint density at radius 3 is 2.16 bits per heavy atom. The molecule has 3 aromatic rings. The van der Waals surface area contributed by atoms with E-state index >= 15 is 0 Å². The largest absolute Gasteiger partial charge is 0.507 e. The Kier molecular flexibility index (Phi) is 7.91. The minimum absolute atomic E-state index is 0.0798. The molecular formula is C32H35NO5. The number of benzene rings is 3. The van der Waals surface area contributed by atoms with E-state index in [0.29, 0.717) is 18.8 Å². The van der Waals surface area contributed by atoms with Crippen molar-refractivity contribution in [2.75, 3.05) is 13.2 Å². The Morgan fingerprint density at radius 2 is 1.55 bits per heavy atom. The third-order valence-electron chi connectivity index (χ3n) is 6.60. The SMILES string of the molecule is CCOc1ccc(CN2C(=O)C(=O)/C(=C(\O)c3ccc(OCC)c(C(C)(C)C)c3)C2c2ccccc2)cc1. The smallest absolute Gasteiger partial charge is 0.295 e. The zero-order valence-electron chi connectivity index (χ0n) is 22.7. The predicted molar refractivity (Wildman–Crippen MR) is 148 cm³/mol. The summed E-state index contributed by atoms with van der Waals surface area (Å²) in [7, 11) is 0. The Labute approximate surface area is 224 Å². The molecule has 4 rings (SSSR count). The molecule has 1 atom stereocenters. The van der Waals surface area contributed by atoms with Crippen molar-refractivity contribution in [2.24, 2.45) is 0 Å². The van der Waals surface area contributed by atoms with Crippen LogP contribution in [0.1, 0.15) is 62.9 Å². The first kappa shape index (κ1) is 27.0. The zero-order valence-corrected chi connectivity index (χ0v) is 22.7. The molecule has 0 aromatic heterocycles. The average molecular weight is 514 g/mol. The minimum Gasteiger partial charge on any atom is -0.507 e. The summed E-state index contributed by atoms with van der Waals surface area (Å²) in [5.74, 6) is -0.0696. The van der Waals surface area contributed by atoms with Gasteiger partial charge in [-0.25, -0.2) is 0 Å². The van der Waals surface area contributed by atoms with Crippen LogP contribution < -0.4 is 9.47 Å². The van der Waals surface area contributed by atoms with E-state index in [1.165, 1.54) is 4.90 Å². The number of amides is 1. The molecule has 0 saturated carbocycles. The summed E-state index contributed by atoms with van der Waals surface area (Å²) >= 11 is 0. The van der Waals surface area contributed by atoms with E-state index in [2.05, 4.69) is 20.8 Å². The van der Waals surface area contributed by atoms with E-state index < -0.39 is 17.7 Å². The van der Waals surface area contributed by atoms with Crippen LogP contribution in [-0.2, 0) is 21.5 Å². The molecule has 6 nitrogen and oxygen atoms in total. The highest BCUT2D eigenvalue weighted by molar-refractivity contribution is 6.46. The number of nitrogens with zero attached hydrogens (tertiary/aromatic N) is 1. The molecule has 1 aliphatic rings. The van der Waals surface area contributed by atoms with Crippen LogP contribution in [0.25, 0.3) is 5.76 Å². The van der Waals surface area contributed by atoms with Crippen LogP contribution in [0.5, 0.6) is 11.5 Å². The van der Waals surface area contributed by atoms with Crippen LogP contribution in [0, 0.1) is 0 Å². The molecule has 1 fully saturated rings. The summed E-state index contributed by atoms with van der Waals surface area (Å²) < 4.78 is 11.4. The number of aliphatic hydroxyl groups is 1. The van der Waals surface area contributed by atoms with E-state index in [4.69, 9.17) is 9.47 Å². The highest BCUT2D eigenvalue weighted by Crippen LogP contribution is 2.41. The van der Waals surface area contributed by atoms with Crippen LogP contribution in [0.3, 0.4) is 0 Å². The first-order valence-corrected chi connectivity index (χ1v) is 13.0. The minimum atomic E-state index is -0.729. The molecule has 1 aliphatic heterocycles. The Hall–Kier alpha value is -4.06. The van der Waals surface area contributed by atoms with Crippen LogP contribution >= 0.6 is 0 Å². The second kappa shape index (κ2) is 11.1. The molecule has 1 amide bonds. The Bertz CT molecular complexity index is 1340. The fraction of sp³-hybridized carbons (Fsp3) is 0.312. The number of aliphatic hydroxyl groups excluding tert-OH is 1. The van der Waals surface area contributed by atoms with Gasteiger partial charge in [-0.3, -0.25) is 9.59 Å². The summed E-state index contributed by atoms with van der Waals surface area (Å²) in [5, 5.41) is 11.6. The van der Waals surface area contributed by atoms with Crippen LogP contribution in [0.4, 0.5) is 0 Å². The maximum absolute atomic E-state index is 13.4. The van der Waals surface area contributed by atoms with Crippen molar-refractivity contribution in [3.05, 3.63) is 101 Å². The number of ketones is 1. The van der Waals surface area contributed by atoms with E-state index in [0.717, 1.165) is 28.2 Å². The zero-order chi connectivity index (χ0) is 27.4. The average Bonchev–Trinajstić information content (AvgIpc) is 3.15. The van der Waals surface area contributed by atoms with E-state index in [1.54, 1.807) is 6.07 Å². The third-order valence-corrected chi connectivity index (χ3v) is 6.60. The van der Waals surface area contributed by atoms with Gasteiger partial charge < -0.3 is 19.5 Å². The second-order valence-corrected chi connectivity index (χ2v) is 10.3. The van der Waals surface area contributed by atoms with Gasteiger partial charge in [0.25, 0.3) is 11.7 Å². The van der Waals surface area contributed by atoms with Gasteiger partial charge in [-0.1, -0.05) is 63.2 Å². The fourth-order valence-electron chi connectivity index (χ4n) is 4.78. The normalized spacial score (nSPS) is 17.1. The van der Waals surface area contributed by atoms with Gasteiger partial charge >= 0.3 is 0 Å². The van der Waals surface area contributed by atoms with Crippen LogP contribution in [0.15, 0.2) is 78.4 Å². The molecule has 0 spiro atoms. The Morgan fingerprint density at radius 1 is 0.895 bits per heavy atom. The number of carbonyl (C=O) groups excluding carboxylic acids is 2. The number of Topliss-reactive ketones (excluding diaryl/α,β-unsaturated/α-hetero) is 1. The molecule has 0 aliphatic carbocycles. The van der Waals surface area contributed by atoms with E-state index in [1.807, 2.05) is 80.6 Å². The standard InChI is InChI=1S/C32H35NO5/c1-6-37-24-16-13-21(14-17-24)20-33-28(22-11-9-8-10-12-22)27(30(35)31(33)36)29(34)23-15-18-26(38-7-2)25(19-23)32(3,4)5/h8-19,28,34H,6-7,20H2,1-5H3/b29-27-. The molecule has 0 radical (unpaired) electrons. The number of hydrogen-bond donors (Lipinski definition) is 1. The van der Waals surface area contributed by atoms with Gasteiger partial charge in [-0.05, 0) is 60.7 Å². The quantitative estimate of drug-likeness (QED) is 0.214. The lowest BCUT2D eigenvalue weighted by Gasteiger charge is -2.26. The van der Waals surface area contributed by atoms with Gasteiger partial charge in [0.2, 0.25) is 0 Å². The molecule has 1 saturated heterocycles. The molecular weight excluding hydrogens is 478 g/mol. The highest BCUT2D eigenvalue weighted by Gasteiger charge is 2.46. The van der Waals surface area contributed by atoms with Gasteiger partial charge in [-0.15, -0.1) is 0 Å². The summed E-state index contributed by atoms with van der Waals surface area (Å²) in [6.45, 7) is 11.3. The molecule has 6 heteroatoms. The monoisotopic (exact) mass is 513 g/mol. The van der Waals surface area contributed by atoms with Crippen molar-refractivity contribution in [2.45, 2.75) is 52.6 Å². The van der Waals surface area contributed by atoms with Crippen molar-refractivity contribution in [1.82, 2.24) is 4.90 Å². The first-order chi connectivity index (χ1) is 18.2. The first-order valence-electron chi connectivity index (χ1n) is 13.0. The van der Waals surface area contributed by atoms with Crippen LogP contribution in [0.2, 0.25) is 0 Å². The summed E-state index contributed by atoms with van der Waals surface area (Å²) in [6.07, 6.45) is 0. The topological polar surface area (TPSA) is 76.1 Å². The molecule has 1 N–H and O–H groups in total. The lowest BCUT2D eigenvalue weighted by Crippen LogP contribution is -2.29. The van der Waals surface area contributed by atoms with Crippen molar-refractivity contribution in [1.29, 1.82) is 0 Å². The lowest BCUT2D eigenvalue weighted by molar-refractivity contribution is -0.140. The van der Waals surface area contributed by atoms with Gasteiger partial charge in [0.15, 0.2) is 0 Å². The third kappa shape index (κ3) is 5.44. The van der Waals surface area contributed by atoms with Crippen molar-refractivity contribution in [3.8, 4) is 11.5 Å². The van der Waals surface area contributed by atoms with Crippen molar-refractivity contribution in [3.63, 3.8) is 0 Å². The van der Waals surface area contributed by atoms with Crippen LogP contribution in [-0.4, -0.2) is 34.9 Å².